The molecule has 1 aromatic carbocycles. The van der Waals surface area contributed by atoms with Gasteiger partial charge in [-0.2, -0.15) is 0 Å². The fourth-order valence-electron chi connectivity index (χ4n) is 3.21. The minimum Gasteiger partial charge on any atom is -0.465 e. The molecule has 1 amide bonds. The maximum atomic E-state index is 12.7. The molecule has 4 nitrogen and oxygen atoms in total. The molecule has 0 atom stereocenters. The molecule has 0 radical (unpaired) electrons. The number of carbonyl (C=O) groups is 2. The number of carbonyl (C=O) groups excluding carboxylic acids is 2. The van der Waals surface area contributed by atoms with Gasteiger partial charge in [-0.05, 0) is 56.7 Å². The van der Waals surface area contributed by atoms with E-state index in [1.807, 2.05) is 32.0 Å². The Morgan fingerprint density at radius 1 is 1.17 bits per heavy atom. The Kier molecular flexibility index (Phi) is 4.71. The number of hydrogen-bond donors (Lipinski definition) is 1. The van der Waals surface area contributed by atoms with Crippen LogP contribution in [0.5, 0.6) is 0 Å². The summed E-state index contributed by atoms with van der Waals surface area (Å²) in [5.41, 5.74) is 4.26. The number of aryl methyl sites for hydroxylation is 3. The van der Waals surface area contributed by atoms with Gasteiger partial charge in [0.25, 0.3) is 5.91 Å². The van der Waals surface area contributed by atoms with E-state index in [0.717, 1.165) is 42.4 Å². The third kappa shape index (κ3) is 3.08. The summed E-state index contributed by atoms with van der Waals surface area (Å²) in [7, 11) is 1.38. The van der Waals surface area contributed by atoms with Gasteiger partial charge in [-0.25, -0.2) is 4.79 Å². The average Bonchev–Trinajstić information content (AvgIpc) is 2.91. The van der Waals surface area contributed by atoms with E-state index in [2.05, 4.69) is 5.32 Å². The van der Waals surface area contributed by atoms with Gasteiger partial charge in [0.05, 0.1) is 12.7 Å². The first-order valence-electron chi connectivity index (χ1n) is 8.12. The van der Waals surface area contributed by atoms with Crippen LogP contribution in [0.2, 0.25) is 0 Å². The highest BCUT2D eigenvalue weighted by Gasteiger charge is 2.27. The topological polar surface area (TPSA) is 55.4 Å². The highest BCUT2D eigenvalue weighted by atomic mass is 32.1. The van der Waals surface area contributed by atoms with Crippen molar-refractivity contribution in [2.45, 2.75) is 39.5 Å². The number of benzene rings is 1. The maximum Gasteiger partial charge on any atom is 0.341 e. The van der Waals surface area contributed by atoms with Crippen molar-refractivity contribution in [3.05, 3.63) is 50.9 Å². The molecule has 126 valence electrons. The molecule has 1 aliphatic carbocycles. The van der Waals surface area contributed by atoms with Crippen molar-refractivity contribution in [1.82, 2.24) is 0 Å². The minimum atomic E-state index is -0.370. The predicted molar refractivity (Wildman–Crippen MR) is 96.2 cm³/mol. The third-order valence-corrected chi connectivity index (χ3v) is 5.62. The molecule has 5 heteroatoms. The van der Waals surface area contributed by atoms with Crippen LogP contribution in [0.1, 0.15) is 55.1 Å². The smallest absolute Gasteiger partial charge is 0.341 e. The van der Waals surface area contributed by atoms with Gasteiger partial charge in [0.2, 0.25) is 0 Å². The minimum absolute atomic E-state index is 0.184. The molecule has 1 heterocycles. The van der Waals surface area contributed by atoms with Gasteiger partial charge >= 0.3 is 5.97 Å². The maximum absolute atomic E-state index is 12.7. The van der Waals surface area contributed by atoms with Gasteiger partial charge in [-0.1, -0.05) is 17.7 Å². The van der Waals surface area contributed by atoms with Crippen molar-refractivity contribution in [2.24, 2.45) is 0 Å². The summed E-state index contributed by atoms with van der Waals surface area (Å²) in [5.74, 6) is -0.554. The number of rotatable bonds is 3. The summed E-state index contributed by atoms with van der Waals surface area (Å²) in [6.45, 7) is 3.92. The molecule has 2 aromatic rings. The summed E-state index contributed by atoms with van der Waals surface area (Å²) in [6.07, 6.45) is 4.02. The highest BCUT2D eigenvalue weighted by molar-refractivity contribution is 7.17. The molecular weight excluding hydrogens is 322 g/mol. The number of hydrogen-bond acceptors (Lipinski definition) is 4. The monoisotopic (exact) mass is 343 g/mol. The lowest BCUT2D eigenvalue weighted by atomic mass is 9.95. The van der Waals surface area contributed by atoms with E-state index >= 15 is 0 Å². The largest absolute Gasteiger partial charge is 0.465 e. The lowest BCUT2D eigenvalue weighted by Crippen LogP contribution is -2.16. The van der Waals surface area contributed by atoms with Crippen molar-refractivity contribution in [3.8, 4) is 0 Å². The Labute approximate surface area is 145 Å². The van der Waals surface area contributed by atoms with E-state index in [-0.39, 0.29) is 11.9 Å². The molecule has 0 bridgehead atoms. The van der Waals surface area contributed by atoms with Gasteiger partial charge in [0.15, 0.2) is 0 Å². The first-order chi connectivity index (χ1) is 11.5. The lowest BCUT2D eigenvalue weighted by Gasteiger charge is -2.12. The zero-order valence-electron chi connectivity index (χ0n) is 14.2. The van der Waals surface area contributed by atoms with Crippen LogP contribution < -0.4 is 5.32 Å². The number of esters is 1. The Bertz CT molecular complexity index is 807. The van der Waals surface area contributed by atoms with Gasteiger partial charge in [0, 0.05) is 10.4 Å². The zero-order valence-corrected chi connectivity index (χ0v) is 15.0. The fourth-order valence-corrected chi connectivity index (χ4v) is 4.48. The number of amides is 1. The molecule has 0 saturated heterocycles. The van der Waals surface area contributed by atoms with Gasteiger partial charge in [-0.15, -0.1) is 11.3 Å². The van der Waals surface area contributed by atoms with Crippen LogP contribution in [0, 0.1) is 13.8 Å². The Morgan fingerprint density at radius 3 is 2.62 bits per heavy atom. The van der Waals surface area contributed by atoms with Crippen LogP contribution in [0.4, 0.5) is 5.00 Å². The van der Waals surface area contributed by atoms with Crippen LogP contribution in [0.25, 0.3) is 0 Å². The fraction of sp³-hybridized carbons (Fsp3) is 0.368. The summed E-state index contributed by atoms with van der Waals surface area (Å²) in [5, 5.41) is 3.55. The van der Waals surface area contributed by atoms with E-state index in [9.17, 15) is 9.59 Å². The second-order valence-electron chi connectivity index (χ2n) is 6.18. The molecule has 0 fully saturated rings. The van der Waals surface area contributed by atoms with Gasteiger partial charge in [0.1, 0.15) is 5.00 Å². The van der Waals surface area contributed by atoms with E-state index < -0.39 is 0 Å². The number of anilines is 1. The molecule has 1 aromatic heterocycles. The molecule has 1 aliphatic rings. The number of nitrogens with one attached hydrogen (secondary N) is 1. The van der Waals surface area contributed by atoms with E-state index in [1.165, 1.54) is 23.3 Å². The van der Waals surface area contributed by atoms with E-state index in [4.69, 9.17) is 4.74 Å². The number of fused-ring (bicyclic) bond motifs is 1. The molecule has 0 unspecified atom stereocenters. The van der Waals surface area contributed by atoms with Crippen LogP contribution in [-0.2, 0) is 17.6 Å². The Morgan fingerprint density at radius 2 is 1.92 bits per heavy atom. The molecule has 24 heavy (non-hydrogen) atoms. The van der Waals surface area contributed by atoms with Crippen molar-refractivity contribution in [1.29, 1.82) is 0 Å². The average molecular weight is 343 g/mol. The van der Waals surface area contributed by atoms with Crippen molar-refractivity contribution >= 4 is 28.2 Å². The second kappa shape index (κ2) is 6.77. The van der Waals surface area contributed by atoms with Crippen molar-refractivity contribution < 1.29 is 14.3 Å². The highest BCUT2D eigenvalue weighted by Crippen LogP contribution is 2.38. The number of ether oxygens (including phenoxy) is 1. The third-order valence-electron chi connectivity index (χ3n) is 4.41. The summed E-state index contributed by atoms with van der Waals surface area (Å²) in [6, 6.07) is 5.73. The SMILES string of the molecule is COC(=O)c1c(NC(=O)c2ccc(C)cc2C)sc2c1CCCC2. The summed E-state index contributed by atoms with van der Waals surface area (Å²) < 4.78 is 4.94. The zero-order chi connectivity index (χ0) is 17.3. The van der Waals surface area contributed by atoms with Crippen LogP contribution >= 0.6 is 11.3 Å². The van der Waals surface area contributed by atoms with Gasteiger partial charge in [-0.3, -0.25) is 4.79 Å². The molecule has 0 spiro atoms. The van der Waals surface area contributed by atoms with Crippen LogP contribution in [0.15, 0.2) is 18.2 Å². The Balaban J connectivity index is 1.96. The predicted octanol–water partition coefficient (Wildman–Crippen LogP) is 4.28. The normalized spacial score (nSPS) is 13.3. The molecule has 1 N–H and O–H groups in total. The lowest BCUT2D eigenvalue weighted by molar-refractivity contribution is 0.0601. The summed E-state index contributed by atoms with van der Waals surface area (Å²) >= 11 is 1.50. The van der Waals surface area contributed by atoms with E-state index in [1.54, 1.807) is 0 Å². The second-order valence-corrected chi connectivity index (χ2v) is 7.28. The molecule has 0 aliphatic heterocycles. The quantitative estimate of drug-likeness (QED) is 0.846. The number of methoxy groups -OCH3 is 1. The first kappa shape index (κ1) is 16.7. The summed E-state index contributed by atoms with van der Waals surface area (Å²) in [4.78, 5) is 26.1. The molecule has 0 saturated carbocycles. The van der Waals surface area contributed by atoms with Gasteiger partial charge < -0.3 is 10.1 Å². The first-order valence-corrected chi connectivity index (χ1v) is 8.94. The molecular formula is C19H21NO3S. The van der Waals surface area contributed by atoms with Crippen LogP contribution in [-0.4, -0.2) is 19.0 Å². The number of thiophene rings is 1. The van der Waals surface area contributed by atoms with Crippen molar-refractivity contribution in [2.75, 3.05) is 12.4 Å². The van der Waals surface area contributed by atoms with Crippen LogP contribution in [0.3, 0.4) is 0 Å². The molecule has 3 rings (SSSR count). The van der Waals surface area contributed by atoms with E-state index in [0.29, 0.717) is 16.1 Å². The standard InChI is InChI=1S/C19H21NO3S/c1-11-8-9-13(12(2)10-11)17(21)20-18-16(19(22)23-3)14-6-4-5-7-15(14)24-18/h8-10H,4-7H2,1-3H3,(H,20,21). The van der Waals surface area contributed by atoms with Crippen molar-refractivity contribution in [3.63, 3.8) is 0 Å². The Hall–Kier alpha value is -2.14.